The Kier molecular flexibility index (Phi) is 21.6. The van der Waals surface area contributed by atoms with Crippen molar-refractivity contribution in [2.24, 2.45) is 0 Å². The molecule has 15 aromatic heterocycles. The molecule has 12 aromatic carbocycles. The number of rotatable bonds is 13. The van der Waals surface area contributed by atoms with Gasteiger partial charge in [0.15, 0.2) is 11.6 Å². The van der Waals surface area contributed by atoms with Crippen LogP contribution in [0.2, 0.25) is 0 Å². The van der Waals surface area contributed by atoms with Gasteiger partial charge in [-0.2, -0.15) is 0 Å². The maximum Gasteiger partial charge on any atom is 0.179 e. The van der Waals surface area contributed by atoms with Gasteiger partial charge in [-0.05, 0) is 222 Å². The summed E-state index contributed by atoms with van der Waals surface area (Å²) in [5.41, 5.74) is 28.0. The number of aromatic nitrogens is 16. The molecule has 20 heteroatoms. The number of hydrogen-bond donors (Lipinski definition) is 0. The number of imidazole rings is 1. The van der Waals surface area contributed by atoms with Crippen molar-refractivity contribution < 1.29 is 17.6 Å². The number of halogens is 4. The Morgan fingerprint density at radius 2 is 0.529 bits per heavy atom. The average molecular weight is 1820 g/mol. The van der Waals surface area contributed by atoms with Crippen molar-refractivity contribution in [2.45, 2.75) is 0 Å². The fourth-order valence-electron chi connectivity index (χ4n) is 19.0. The maximum absolute atomic E-state index is 14.1. The minimum absolute atomic E-state index is 0.361. The van der Waals surface area contributed by atoms with Gasteiger partial charge < -0.3 is 27.1 Å². The Morgan fingerprint density at radius 3 is 0.957 bits per heavy atom. The zero-order valence-corrected chi connectivity index (χ0v) is 74.5. The van der Waals surface area contributed by atoms with Crippen molar-refractivity contribution in [3.8, 4) is 124 Å². The Morgan fingerprint density at radius 1 is 0.193 bits per heavy atom. The molecular formula is C120H76F4N16. The molecule has 16 nitrogen and oxygen atoms in total. The monoisotopic (exact) mass is 1820 g/mol. The van der Waals surface area contributed by atoms with Crippen molar-refractivity contribution in [1.82, 2.24) is 76.9 Å². The molecule has 0 aliphatic rings. The van der Waals surface area contributed by atoms with E-state index in [1.165, 1.54) is 92.3 Å². The molecule has 0 N–H and O–H groups in total. The lowest BCUT2D eigenvalue weighted by molar-refractivity contribution is 0.628. The summed E-state index contributed by atoms with van der Waals surface area (Å²) < 4.78 is 69.1. The van der Waals surface area contributed by atoms with Crippen LogP contribution >= 0.6 is 0 Å². The second kappa shape index (κ2) is 36.0. The smallest absolute Gasteiger partial charge is 0.179 e. The van der Waals surface area contributed by atoms with Gasteiger partial charge in [0.2, 0.25) is 0 Å². The Hall–Kier alpha value is -19.1. The molecule has 0 saturated carbocycles. The molecule has 0 spiro atoms. The summed E-state index contributed by atoms with van der Waals surface area (Å²) in [6.45, 7) is 0. The van der Waals surface area contributed by atoms with Crippen molar-refractivity contribution in [1.29, 1.82) is 0 Å². The van der Waals surface area contributed by atoms with Gasteiger partial charge in [-0.1, -0.05) is 200 Å². The number of para-hydroxylation sites is 2. The molecule has 0 fully saturated rings. The number of pyridine rings is 7. The summed E-state index contributed by atoms with van der Waals surface area (Å²) >= 11 is 0. The molecule has 0 saturated heterocycles. The lowest BCUT2D eigenvalue weighted by Gasteiger charge is -2.13. The van der Waals surface area contributed by atoms with Gasteiger partial charge in [-0.3, -0.25) is 15.0 Å². The fraction of sp³-hybridized carbons (Fsp3) is 0. The first kappa shape index (κ1) is 84.0. The van der Waals surface area contributed by atoms with Crippen LogP contribution in [0.5, 0.6) is 0 Å². The molecule has 0 unspecified atom stereocenters. The van der Waals surface area contributed by atoms with E-state index in [0.29, 0.717) is 50.3 Å². The highest BCUT2D eigenvalue weighted by molar-refractivity contribution is 6.14. The molecule has 664 valence electrons. The zero-order valence-electron chi connectivity index (χ0n) is 74.5. The minimum Gasteiger partial charge on any atom is -0.322 e. The summed E-state index contributed by atoms with van der Waals surface area (Å²) in [5.74, 6) is -0.148. The Balaban J connectivity index is 0.000000102. The van der Waals surface area contributed by atoms with Crippen LogP contribution in [0.1, 0.15) is 0 Å². The van der Waals surface area contributed by atoms with Crippen LogP contribution in [0, 0.1) is 23.3 Å². The maximum atomic E-state index is 14.1. The van der Waals surface area contributed by atoms with Gasteiger partial charge in [0.25, 0.3) is 0 Å². The van der Waals surface area contributed by atoms with Gasteiger partial charge in [-0.25, -0.2) is 52.4 Å². The molecule has 140 heavy (non-hydrogen) atoms. The van der Waals surface area contributed by atoms with Gasteiger partial charge in [0.1, 0.15) is 34.6 Å². The van der Waals surface area contributed by atoms with E-state index in [4.69, 9.17) is 29.9 Å². The predicted octanol–water partition coefficient (Wildman–Crippen LogP) is 29.1. The molecule has 15 heterocycles. The highest BCUT2D eigenvalue weighted by Gasteiger charge is 2.24. The molecule has 0 aliphatic heterocycles. The first-order valence-electron chi connectivity index (χ1n) is 45.6. The van der Waals surface area contributed by atoms with Crippen molar-refractivity contribution >= 4 is 98.4 Å². The van der Waals surface area contributed by atoms with Crippen molar-refractivity contribution in [3.05, 3.63) is 486 Å². The third-order valence-electron chi connectivity index (χ3n) is 25.3. The highest BCUT2D eigenvalue weighted by Crippen LogP contribution is 2.43. The SMILES string of the molecule is Fc1ccc2c(c1)c1cc(F)ccc1n2-c1cc(-c2ccccc2)nc(-c2ccccn2)c1.Fc1ccc2c(c1)c1cc(F)ccc1n2-c1cc(-c2ccccn2)nc(-c2ccccn2)c1.c1ccc(-c2c(-c3ncc(-n4c5ccccc5c5ccccc54)cn3)cn3ccccc23)cc1.c1ccc(-c2ccc3c(c2)c2cc(-c4ccccc4)ccc2n3-c2cnc(-c3cn4ccccc4n3)nc2)cc1. The third-order valence-corrected chi connectivity index (χ3v) is 25.3. The summed E-state index contributed by atoms with van der Waals surface area (Å²) in [5, 5.41) is 7.43. The summed E-state index contributed by atoms with van der Waals surface area (Å²) in [6, 6.07) is 127. The quantitative estimate of drug-likeness (QED) is 0.102. The van der Waals surface area contributed by atoms with Crippen LogP contribution in [-0.2, 0) is 0 Å². The average Bonchev–Trinajstić information content (AvgIpc) is 1.61. The number of fused-ring (bicyclic) bond motifs is 14. The van der Waals surface area contributed by atoms with Crippen LogP contribution in [0.4, 0.5) is 17.6 Å². The molecule has 0 bridgehead atoms. The van der Waals surface area contributed by atoms with E-state index in [9.17, 15) is 17.6 Å². The molecule has 0 atom stereocenters. The zero-order chi connectivity index (χ0) is 93.7. The van der Waals surface area contributed by atoms with Crippen molar-refractivity contribution in [3.63, 3.8) is 0 Å². The lowest BCUT2D eigenvalue weighted by atomic mass is 10.0. The minimum atomic E-state index is -0.371. The Bertz CT molecular complexity index is 8680. The molecular weight excluding hydrogens is 1740 g/mol. The Labute approximate surface area is 798 Å². The van der Waals surface area contributed by atoms with E-state index in [2.05, 4.69) is 228 Å². The summed E-state index contributed by atoms with van der Waals surface area (Å²) in [4.78, 5) is 47.0. The normalized spacial score (nSPS) is 11.4. The molecule has 27 aromatic rings. The van der Waals surface area contributed by atoms with E-state index < -0.39 is 0 Å². The van der Waals surface area contributed by atoms with Crippen LogP contribution < -0.4 is 0 Å². The number of hydrogen-bond acceptors (Lipinski definition) is 10. The van der Waals surface area contributed by atoms with Gasteiger partial charge >= 0.3 is 0 Å². The van der Waals surface area contributed by atoms with Crippen LogP contribution in [0.3, 0.4) is 0 Å². The predicted molar refractivity (Wildman–Crippen MR) is 552 cm³/mol. The number of benzene rings is 12. The third kappa shape index (κ3) is 15.9. The largest absolute Gasteiger partial charge is 0.322 e. The summed E-state index contributed by atoms with van der Waals surface area (Å²) in [6.07, 6.45) is 20.9. The van der Waals surface area contributed by atoms with E-state index in [1.807, 2.05) is 190 Å². The lowest BCUT2D eigenvalue weighted by Crippen LogP contribution is -1.99. The first-order chi connectivity index (χ1) is 69.0. The van der Waals surface area contributed by atoms with Gasteiger partial charge in [0.05, 0.1) is 137 Å². The standard InChI is InChI=1S/C35H23N5.C30H20N4.C28H17F2N3.C27H16F2N4/c1-3-9-24(10-4-1)26-14-16-32-29(19-26)30-20-27(25-11-5-2-6-12-25)15-17-33(30)40(32)28-21-36-35(37-22-28)31-23-39-18-8-7-13-34(39)38-31;1-2-10-21(11-3-1)29-25(20-33-17-9-8-16-28(29)33)30-31-18-22(19-32-30)34-26-14-6-4-12-23(26)24-13-5-7-15-27(24)34;29-19-9-11-27-22(14-19)23-15-20(30)10-12-28(23)33(27)21-16-25(18-6-2-1-3-7-18)32-26(17-21)24-8-4-5-13-31-24;28-17-7-9-26-20(13-17)21-14-18(29)8-10-27(21)33(26)19-15-24(22-5-1-3-11-30-22)32-25(16-19)23-6-2-4-12-31-23/h1-23H;1-20H;1-17H;1-16H. The van der Waals surface area contributed by atoms with Crippen LogP contribution in [0.15, 0.2) is 462 Å². The molecule has 0 radical (unpaired) electrons. The fourth-order valence-corrected chi connectivity index (χ4v) is 19.0. The molecule has 27 rings (SSSR count). The molecule has 0 aliphatic carbocycles. The van der Waals surface area contributed by atoms with Crippen molar-refractivity contribution in [2.75, 3.05) is 0 Å². The summed E-state index contributed by atoms with van der Waals surface area (Å²) in [7, 11) is 0. The van der Waals surface area contributed by atoms with Crippen LogP contribution in [0.25, 0.3) is 223 Å². The highest BCUT2D eigenvalue weighted by atomic mass is 19.1. The van der Waals surface area contributed by atoms with E-state index >= 15 is 0 Å². The second-order valence-electron chi connectivity index (χ2n) is 33.8. The number of nitrogens with zero attached hydrogens (tertiary/aromatic N) is 16. The van der Waals surface area contributed by atoms with E-state index in [1.54, 1.807) is 42.9 Å². The second-order valence-corrected chi connectivity index (χ2v) is 33.8. The molecule has 0 amide bonds. The topological polar surface area (TPSA) is 157 Å². The van der Waals surface area contributed by atoms with E-state index in [-0.39, 0.29) is 23.3 Å². The van der Waals surface area contributed by atoms with Gasteiger partial charge in [0, 0.05) is 103 Å². The van der Waals surface area contributed by atoms with Gasteiger partial charge in [-0.15, -0.1) is 0 Å². The van der Waals surface area contributed by atoms with E-state index in [0.717, 1.165) is 129 Å². The van der Waals surface area contributed by atoms with Crippen LogP contribution in [-0.4, -0.2) is 76.9 Å². The first-order valence-corrected chi connectivity index (χ1v) is 45.6.